The van der Waals surface area contributed by atoms with Gasteiger partial charge in [-0.1, -0.05) is 63.5 Å². The van der Waals surface area contributed by atoms with Crippen LogP contribution in [0.2, 0.25) is 0 Å². The van der Waals surface area contributed by atoms with Crippen molar-refractivity contribution >= 4 is 70.9 Å². The largest absolute Gasteiger partial charge is 0.496 e. The number of likely N-dealkylation sites (N-methyl/N-ethyl adjacent to an activating group) is 7. The van der Waals surface area contributed by atoms with Gasteiger partial charge < -0.3 is 73.7 Å². The Morgan fingerprint density at radius 2 is 1.34 bits per heavy atom. The second kappa shape index (κ2) is 37.0. The van der Waals surface area contributed by atoms with Crippen molar-refractivity contribution in [1.82, 2.24) is 54.7 Å². The predicted molar refractivity (Wildman–Crippen MR) is 380 cm³/mol. The number of nitrogens with one attached hydrogen (secondary N) is 2. The third-order valence-electron chi connectivity index (χ3n) is 21.8. The summed E-state index contributed by atoms with van der Waals surface area (Å²) in [5.74, 6) is -11.9. The van der Waals surface area contributed by atoms with Crippen LogP contribution in [0.5, 0.6) is 5.75 Å². The zero-order chi connectivity index (χ0) is 80.2. The molecule has 3 heterocycles. The van der Waals surface area contributed by atoms with Gasteiger partial charge in [0.1, 0.15) is 54.1 Å². The summed E-state index contributed by atoms with van der Waals surface area (Å²) in [6.45, 7) is 4.62. The van der Waals surface area contributed by atoms with Crippen molar-refractivity contribution in [3.05, 3.63) is 76.9 Å². The molecule has 2 aromatic rings. The summed E-state index contributed by atoms with van der Waals surface area (Å²) in [6, 6.07) is -5.06. The summed E-state index contributed by atoms with van der Waals surface area (Å²) in [5.41, 5.74) is -3.70. The minimum atomic E-state index is -4.83. The van der Waals surface area contributed by atoms with Gasteiger partial charge in [0.05, 0.1) is 50.0 Å². The molecule has 27 nitrogen and oxygen atoms in total. The number of carbonyl (C=O) groups is 12. The third kappa shape index (κ3) is 20.3. The van der Waals surface area contributed by atoms with E-state index in [0.717, 1.165) is 83.9 Å². The quantitative estimate of drug-likeness (QED) is 0.145. The van der Waals surface area contributed by atoms with E-state index in [1.54, 1.807) is 32.9 Å². The van der Waals surface area contributed by atoms with Crippen LogP contribution in [0.4, 0.5) is 26.3 Å². The maximum atomic E-state index is 15.5. The molecule has 33 heteroatoms. The zero-order valence-electron chi connectivity index (χ0n) is 64.1. The molecule has 1 spiro atoms. The van der Waals surface area contributed by atoms with Crippen LogP contribution < -0.4 is 15.4 Å². The number of rotatable bonds is 14. The van der Waals surface area contributed by atoms with E-state index in [1.165, 1.54) is 80.2 Å². The van der Waals surface area contributed by atoms with Crippen molar-refractivity contribution in [2.45, 2.75) is 203 Å². The van der Waals surface area contributed by atoms with Gasteiger partial charge in [0.15, 0.2) is 5.60 Å². The van der Waals surface area contributed by atoms with Gasteiger partial charge in [-0.3, -0.25) is 52.7 Å². The Labute approximate surface area is 626 Å². The molecule has 2 bridgehead atoms. The Kier molecular flexibility index (Phi) is 29.6. The SMILES string of the molecule is CCO[C@@H]1C[C@H]2C(=O)OC3(CCC3)C(=O)N(C)[C@@H](C3CCCC3)C(=O)N(C)[C@H](C(=O)N(C)C)CC(=O)N(C)[C@@H]([C@@H](C)OC)C(=O)N[C@@H]([C@@H](C)CC)C(=O)N(C)CC(=O)N(C)[C@@H]3C/C=C\CCN(C3=O)[C@@H](Cc3ccc(C(F)(F)F)cc3)C(=O)N(C)CC(=O)N[C@@H](CCc3ccc(C(F)(F)F)c(OC)c3)C(=O)N2C1. The molecular formula is C75H105F6N11O16. The first-order valence-corrected chi connectivity index (χ1v) is 36.6. The number of nitrogens with zero attached hydrogens (tertiary/aromatic N) is 9. The van der Waals surface area contributed by atoms with Gasteiger partial charge in [0.25, 0.3) is 5.91 Å². The molecule has 3 aliphatic heterocycles. The fraction of sp³-hybridized carbons (Fsp3) is 0.653. The van der Waals surface area contributed by atoms with E-state index in [9.17, 15) is 55.1 Å². The highest BCUT2D eigenvalue weighted by Crippen LogP contribution is 2.42. The highest BCUT2D eigenvalue weighted by atomic mass is 19.4. The number of hydrogen-bond acceptors (Lipinski definition) is 16. The molecule has 598 valence electrons. The molecule has 2 aliphatic carbocycles. The van der Waals surface area contributed by atoms with Crippen LogP contribution in [0.15, 0.2) is 54.6 Å². The van der Waals surface area contributed by atoms with Gasteiger partial charge in [0, 0.05) is 96.0 Å². The number of methoxy groups -OCH3 is 2. The van der Waals surface area contributed by atoms with Crippen molar-refractivity contribution in [2.75, 3.05) is 103 Å². The van der Waals surface area contributed by atoms with Gasteiger partial charge >= 0.3 is 18.3 Å². The monoisotopic (exact) mass is 1530 g/mol. The van der Waals surface area contributed by atoms with Crippen molar-refractivity contribution in [3.8, 4) is 5.75 Å². The Bertz CT molecular complexity index is 3630. The van der Waals surface area contributed by atoms with Crippen LogP contribution in [-0.2, 0) is 96.9 Å². The van der Waals surface area contributed by atoms with E-state index in [0.29, 0.717) is 38.5 Å². The predicted octanol–water partition coefficient (Wildman–Crippen LogP) is 4.88. The highest BCUT2D eigenvalue weighted by molar-refractivity contribution is 6.00. The average Bonchev–Trinajstić information content (AvgIpc) is 1.40. The van der Waals surface area contributed by atoms with Crippen LogP contribution in [0.1, 0.15) is 133 Å². The van der Waals surface area contributed by atoms with E-state index >= 15 is 28.8 Å². The Hall–Kier alpha value is -8.88. The molecule has 11 amide bonds. The minimum Gasteiger partial charge on any atom is -0.496 e. The number of aryl methyl sites for hydroxylation is 1. The molecule has 5 aliphatic rings. The summed E-state index contributed by atoms with van der Waals surface area (Å²) < 4.78 is 108. The Morgan fingerprint density at radius 3 is 1.92 bits per heavy atom. The van der Waals surface area contributed by atoms with Crippen LogP contribution in [0.3, 0.4) is 0 Å². The van der Waals surface area contributed by atoms with Crippen molar-refractivity contribution in [2.24, 2.45) is 11.8 Å². The maximum Gasteiger partial charge on any atom is 0.419 e. The molecule has 7 rings (SSSR count). The number of halogens is 6. The highest BCUT2D eigenvalue weighted by Gasteiger charge is 2.56. The first-order valence-electron chi connectivity index (χ1n) is 36.6. The fourth-order valence-corrected chi connectivity index (χ4v) is 14.9. The lowest BCUT2D eigenvalue weighted by molar-refractivity contribution is -0.190. The Balaban J connectivity index is 1.35. The van der Waals surface area contributed by atoms with Gasteiger partial charge in [-0.05, 0) is 119 Å². The number of benzene rings is 2. The molecule has 0 aromatic heterocycles. The lowest BCUT2D eigenvalue weighted by Crippen LogP contribution is -2.63. The van der Waals surface area contributed by atoms with E-state index in [1.807, 2.05) is 0 Å². The number of ether oxygens (including phenoxy) is 4. The average molecular weight is 1530 g/mol. The smallest absolute Gasteiger partial charge is 0.419 e. The van der Waals surface area contributed by atoms with Crippen LogP contribution in [0, 0.1) is 11.8 Å². The standard InChI is InChI=1S/C75H105F6N11O16/c1-15-44(3)61-69(101)86(8)43-60(95)87(9)53-25-18-17-21-36-91(68(53)100)55(37-46-26-30-49(31-27-46)74(76,77)78)67(99)85(7)42-58(93)82-52(33-29-47-28-32-51(75(79,80)81)57(38-47)106-14)65(97)92-41-50(107-16-2)39-56(92)71(103)108-73(34-22-35-73)72(104)90(12)63(48-23-19-20-24-48)70(102)88(10)54(66(98)84(5)6)40-59(94)89(11)62(45(4)105-13)64(96)83-61/h17-18,26-28,30-32,38,44-45,48,50,52-56,61-63H,15-16,19-25,29,33-37,39-43H2,1-14H3,(H,82,93)(H,83,96)/b18-17-/t44-,45+,50+,52-,53+,54-,55-,56-,61-,62-,63-/m0/s1. The van der Waals surface area contributed by atoms with Gasteiger partial charge in [-0.15, -0.1) is 0 Å². The summed E-state index contributed by atoms with van der Waals surface area (Å²) >= 11 is 0. The number of carbonyl (C=O) groups excluding carboxylic acids is 12. The lowest BCUT2D eigenvalue weighted by atomic mass is 9.78. The summed E-state index contributed by atoms with van der Waals surface area (Å²) in [6.07, 6.45) is -7.34. The van der Waals surface area contributed by atoms with Crippen molar-refractivity contribution in [1.29, 1.82) is 0 Å². The fourth-order valence-electron chi connectivity index (χ4n) is 14.9. The second-order valence-electron chi connectivity index (χ2n) is 29.2. The van der Waals surface area contributed by atoms with E-state index in [2.05, 4.69) is 10.6 Å². The molecule has 4 fully saturated rings. The number of alkyl halides is 6. The van der Waals surface area contributed by atoms with Gasteiger partial charge in [-0.2, -0.15) is 26.3 Å². The summed E-state index contributed by atoms with van der Waals surface area (Å²) in [7, 11) is 13.0. The van der Waals surface area contributed by atoms with E-state index < -0.39 is 204 Å². The van der Waals surface area contributed by atoms with Crippen LogP contribution >= 0.6 is 0 Å². The molecule has 2 N–H and O–H groups in total. The molecule has 0 unspecified atom stereocenters. The third-order valence-corrected chi connectivity index (χ3v) is 21.8. The molecule has 2 saturated heterocycles. The zero-order valence-corrected chi connectivity index (χ0v) is 64.1. The summed E-state index contributed by atoms with van der Waals surface area (Å²) in [5, 5.41) is 5.45. The number of hydrogen-bond donors (Lipinski definition) is 2. The van der Waals surface area contributed by atoms with E-state index in [4.69, 9.17) is 18.9 Å². The first kappa shape index (κ1) is 86.4. The van der Waals surface area contributed by atoms with Crippen LogP contribution in [0.25, 0.3) is 0 Å². The maximum absolute atomic E-state index is 15.5. The Morgan fingerprint density at radius 1 is 0.704 bits per heavy atom. The summed E-state index contributed by atoms with van der Waals surface area (Å²) in [4.78, 5) is 191. The molecular weight excluding hydrogens is 1420 g/mol. The van der Waals surface area contributed by atoms with Gasteiger partial charge in [0.2, 0.25) is 59.1 Å². The number of esters is 1. The van der Waals surface area contributed by atoms with Gasteiger partial charge in [-0.25, -0.2) is 4.79 Å². The normalized spacial score (nSPS) is 26.3. The van der Waals surface area contributed by atoms with Crippen molar-refractivity contribution in [3.63, 3.8) is 0 Å². The number of fused-ring (bicyclic) bond motifs is 3. The van der Waals surface area contributed by atoms with E-state index in [-0.39, 0.29) is 75.8 Å². The molecule has 108 heavy (non-hydrogen) atoms. The molecule has 2 aromatic carbocycles. The van der Waals surface area contributed by atoms with Crippen molar-refractivity contribution < 1.29 is 103 Å². The second-order valence-corrected chi connectivity index (χ2v) is 29.2. The molecule has 11 atom stereocenters. The van der Waals surface area contributed by atoms with Crippen LogP contribution in [-0.4, -0.2) is 285 Å². The minimum absolute atomic E-state index is 0.0357. The molecule has 0 radical (unpaired) electrons. The number of amides is 11. The lowest BCUT2D eigenvalue weighted by Gasteiger charge is -2.45. The molecule has 2 saturated carbocycles. The first-order chi connectivity index (χ1) is 50.7. The topological polar surface area (TPSA) is 295 Å².